The fourth-order valence-corrected chi connectivity index (χ4v) is 18.7. The van der Waals surface area contributed by atoms with Gasteiger partial charge in [-0.1, -0.05) is 114 Å². The van der Waals surface area contributed by atoms with Crippen molar-refractivity contribution in [3.63, 3.8) is 0 Å². The van der Waals surface area contributed by atoms with Crippen LogP contribution in [-0.2, 0) is 53.8 Å². The number of pyridine rings is 2. The summed E-state index contributed by atoms with van der Waals surface area (Å²) in [6.07, 6.45) is 4.48. The Balaban J connectivity index is 0.000000139. The predicted octanol–water partition coefficient (Wildman–Crippen LogP) is 23.5. The summed E-state index contributed by atoms with van der Waals surface area (Å²) in [7, 11) is -6.07. The van der Waals surface area contributed by atoms with Crippen molar-refractivity contribution in [3.8, 4) is 72.8 Å². The molecule has 19 rings (SSSR count). The number of aromatic nitrogens is 2. The fraction of sp³-hybridized carbons (Fsp3) is 0.280. The van der Waals surface area contributed by atoms with Crippen LogP contribution in [0.4, 0.5) is 105 Å². The van der Waals surface area contributed by atoms with Gasteiger partial charge in [-0.15, -0.1) is 0 Å². The van der Waals surface area contributed by atoms with E-state index in [0.717, 1.165) is 18.5 Å². The molecule has 760 valence electrons. The van der Waals surface area contributed by atoms with Crippen LogP contribution in [0.3, 0.4) is 0 Å². The number of amides is 6. The van der Waals surface area contributed by atoms with Crippen molar-refractivity contribution >= 4 is 113 Å². The largest absolute Gasteiger partial charge is 0.444 e. The minimum absolute atomic E-state index is 0.0512. The number of nitrogens with zero attached hydrogens (tertiary/aromatic N) is 11. The van der Waals surface area contributed by atoms with Crippen LogP contribution in [0, 0.1) is 62.3 Å². The Morgan fingerprint density at radius 3 is 0.959 bits per heavy atom. The smallest absolute Gasteiger partial charge is 0.414 e. The number of sulfone groups is 2. The van der Waals surface area contributed by atoms with E-state index in [4.69, 9.17) is 45.3 Å². The molecule has 29 nitrogen and oxygen atoms in total. The molecular formula is C107H101ClF7N11O18S2. The first kappa shape index (κ1) is 106. The van der Waals surface area contributed by atoms with Crippen LogP contribution < -0.4 is 34.3 Å². The number of carbonyl (C=O) groups excluding carboxylic acids is 6. The molecule has 0 aliphatic carbocycles. The zero-order chi connectivity index (χ0) is 105. The van der Waals surface area contributed by atoms with E-state index < -0.39 is 102 Å². The summed E-state index contributed by atoms with van der Waals surface area (Å²) in [5.41, 5.74) is 10.4. The number of rotatable bonds is 22. The summed E-state index contributed by atoms with van der Waals surface area (Å²) in [6.45, 7) is 14.9. The number of benzene rings is 10. The fourth-order valence-electron chi connectivity index (χ4n) is 16.6. The second kappa shape index (κ2) is 47.4. The number of nitriles is 1. The lowest BCUT2D eigenvalue weighted by atomic mass is 10.0. The summed E-state index contributed by atoms with van der Waals surface area (Å²) < 4.78 is 177. The zero-order valence-corrected chi connectivity index (χ0v) is 82.6. The van der Waals surface area contributed by atoms with Crippen molar-refractivity contribution in [2.75, 3.05) is 104 Å². The lowest BCUT2D eigenvalue weighted by Crippen LogP contribution is -2.40. The maximum Gasteiger partial charge on any atom is 0.414 e. The van der Waals surface area contributed by atoms with Crippen LogP contribution in [0.15, 0.2) is 243 Å². The van der Waals surface area contributed by atoms with Gasteiger partial charge in [0.2, 0.25) is 5.95 Å². The highest BCUT2D eigenvalue weighted by Crippen LogP contribution is 2.40. The van der Waals surface area contributed by atoms with E-state index in [9.17, 15) is 86.5 Å². The molecule has 0 radical (unpaired) electrons. The number of hydrogen-bond donors (Lipinski definition) is 0. The minimum atomic E-state index is -3.11. The van der Waals surface area contributed by atoms with Crippen LogP contribution >= 0.6 is 11.6 Å². The number of nitro groups is 1. The van der Waals surface area contributed by atoms with Crippen molar-refractivity contribution in [2.24, 2.45) is 0 Å². The topological polar surface area (TPSA) is 341 Å². The summed E-state index contributed by atoms with van der Waals surface area (Å²) in [4.78, 5) is 99.5. The second-order valence-electron chi connectivity index (χ2n) is 34.8. The molecule has 0 saturated carbocycles. The Morgan fingerprint density at radius 1 is 0.384 bits per heavy atom. The summed E-state index contributed by atoms with van der Waals surface area (Å²) in [6, 6.07) is 62.1. The highest BCUT2D eigenvalue weighted by Gasteiger charge is 2.39. The maximum absolute atomic E-state index is 14.9. The summed E-state index contributed by atoms with van der Waals surface area (Å²) >= 11 is 5.73. The first-order valence-corrected chi connectivity index (χ1v) is 51.1. The Bertz CT molecular complexity index is 6990. The lowest BCUT2D eigenvalue weighted by Gasteiger charge is -2.29. The van der Waals surface area contributed by atoms with Gasteiger partial charge in [-0.2, -0.15) is 9.65 Å². The molecule has 7 aliphatic rings. The molecule has 39 heteroatoms. The molecule has 10 aromatic carbocycles. The van der Waals surface area contributed by atoms with Crippen LogP contribution in [0.5, 0.6) is 0 Å². The molecule has 0 bridgehead atoms. The average Bonchev–Trinajstić information content (AvgIpc) is 1.36. The van der Waals surface area contributed by atoms with Gasteiger partial charge in [0, 0.05) is 94.1 Å². The SMILES string of the molecule is CCC1CN(c2ccc(-c3ccc(C#N)cc3)c(F)c2)C(=O)O1.CCC1CN(c2ccc(-c3ccc(CS(C)(=O)=O)cc3)c(F)c2)C(=O)O1.CCC1CN(c2ccc(-c3ccc(Cl)nc3)c(F)c2)C(=O)O1.CCC1CN(c2ccc(-c3ccc(F)nc3)c(F)c2)C(=O)O1.CCC1CN(c2ccc(-c3cccc(N4CCS(=O)(=O)CC4)c3)c(F)c2)C(=O)O1.CCC1CN(c2ccc(-c3cccc([N+](=O)[O-])c3)c(F)c2)C(=O)O1. The molecule has 9 heterocycles. The van der Waals surface area contributed by atoms with E-state index in [1.807, 2.05) is 76.8 Å². The number of anilines is 7. The molecule has 6 atom stereocenters. The van der Waals surface area contributed by atoms with E-state index in [2.05, 4.69) is 9.97 Å². The van der Waals surface area contributed by atoms with Gasteiger partial charge < -0.3 is 33.3 Å². The first-order chi connectivity index (χ1) is 69.9. The molecule has 0 N–H and O–H groups in total. The normalized spacial score (nSPS) is 18.1. The third-order valence-electron chi connectivity index (χ3n) is 24.9. The third kappa shape index (κ3) is 26.4. The highest BCUT2D eigenvalue weighted by molar-refractivity contribution is 7.91. The van der Waals surface area contributed by atoms with Crippen LogP contribution in [0.1, 0.15) is 91.2 Å². The Hall–Kier alpha value is -15.5. The van der Waals surface area contributed by atoms with Crippen LogP contribution in [0.25, 0.3) is 66.8 Å². The number of carbonyl (C=O) groups is 6. The second-order valence-corrected chi connectivity index (χ2v) is 39.7. The minimum Gasteiger partial charge on any atom is -0.444 e. The molecule has 12 aromatic rings. The molecule has 7 aliphatic heterocycles. The van der Waals surface area contributed by atoms with Crippen molar-refractivity contribution in [2.45, 2.75) is 122 Å². The van der Waals surface area contributed by atoms with Crippen molar-refractivity contribution < 1.29 is 110 Å². The maximum atomic E-state index is 14.9. The quantitative estimate of drug-likeness (QED) is 0.0200. The molecule has 0 spiro atoms. The van der Waals surface area contributed by atoms with Gasteiger partial charge in [-0.05, 0) is 224 Å². The van der Waals surface area contributed by atoms with E-state index in [-0.39, 0.29) is 65.1 Å². The van der Waals surface area contributed by atoms with Gasteiger partial charge in [0.25, 0.3) is 5.69 Å². The molecule has 2 aromatic heterocycles. The number of nitro benzene ring substituents is 1. The average molecular weight is 2060 g/mol. The summed E-state index contributed by atoms with van der Waals surface area (Å²) in [5, 5.41) is 20.0. The molecule has 146 heavy (non-hydrogen) atoms. The molecule has 7 fully saturated rings. The lowest BCUT2D eigenvalue weighted by molar-refractivity contribution is -0.384. The number of cyclic esters (lactones) is 6. The molecule has 7 saturated heterocycles. The van der Waals surface area contributed by atoms with Crippen molar-refractivity contribution in [1.29, 1.82) is 5.26 Å². The summed E-state index contributed by atoms with van der Waals surface area (Å²) in [5.74, 6) is -3.18. The zero-order valence-electron chi connectivity index (χ0n) is 80.2. The number of hydrogen-bond acceptors (Lipinski definition) is 22. The van der Waals surface area contributed by atoms with E-state index in [1.165, 1.54) is 121 Å². The third-order valence-corrected chi connectivity index (χ3v) is 27.6. The van der Waals surface area contributed by atoms with Gasteiger partial charge in [-0.25, -0.2) is 81.9 Å². The van der Waals surface area contributed by atoms with Crippen LogP contribution in [-0.4, -0.2) is 175 Å². The molecule has 6 amide bonds. The van der Waals surface area contributed by atoms with Gasteiger partial charge in [-0.3, -0.25) is 39.5 Å². The predicted molar refractivity (Wildman–Crippen MR) is 540 cm³/mol. The molecule has 6 unspecified atom stereocenters. The van der Waals surface area contributed by atoms with Gasteiger partial charge >= 0.3 is 36.6 Å². The Kier molecular flexibility index (Phi) is 34.5. The van der Waals surface area contributed by atoms with Gasteiger partial charge in [0.1, 0.15) is 76.7 Å². The van der Waals surface area contributed by atoms with Crippen molar-refractivity contribution in [1.82, 2.24) is 9.97 Å². The number of ether oxygens (including phenoxy) is 6. The standard InChI is InChI=1S/C21H23FN2O4S.C19H20FNO4S.C18H15FN2O2.C17H15FN2O4.C16H14ClFN2O2.C16H14F2N2O2/c1-2-18-14-24(21(25)28-18)17-6-7-19(20(22)13-17)15-4-3-5-16(12-15)23-8-10-29(26,27)11-9-23;1-3-16-11-21(19(22)25-16)15-8-9-17(18(20)10-15)14-6-4-13(5-7-14)12-26(2,23)24;1-2-15-11-21(18(22)23-15)14-7-8-16(17(19)9-14)13-5-3-12(10-20)4-6-13;1-2-14-10-19(17(21)24-14)12-6-7-15(16(18)9-12)11-4-3-5-13(8-11)20(22)23;1-2-12-9-20(16(21)22-12)11-4-5-13(14(18)7-11)10-3-6-15(17)19-8-10;1-2-12-9-20(16(21)22-12)11-4-5-13(14(17)7-11)10-3-6-15(18)19-8-10/h3-7,12-13,18H,2,8-11,14H2,1H3;4-10,16H,3,11-12H2,1-2H3;3-9,15H,2,11H2,1H3;3-9,14H,2,10H2,1H3;2*3-8,12H,2,9H2,1H3. The highest BCUT2D eigenvalue weighted by atomic mass is 35.5. The van der Waals surface area contributed by atoms with Crippen molar-refractivity contribution in [3.05, 3.63) is 310 Å². The Labute approximate surface area is 843 Å². The van der Waals surface area contributed by atoms with E-state index in [0.29, 0.717) is 190 Å². The van der Waals surface area contributed by atoms with Gasteiger partial charge in [0.05, 0.1) is 107 Å². The molecular weight excluding hydrogens is 1960 g/mol. The van der Waals surface area contributed by atoms with E-state index >= 15 is 0 Å². The number of halogens is 8. The van der Waals surface area contributed by atoms with Gasteiger partial charge in [0.15, 0.2) is 19.7 Å². The number of non-ortho nitro benzene ring substituents is 1. The monoisotopic (exact) mass is 2060 g/mol. The van der Waals surface area contributed by atoms with Crippen LogP contribution in [0.2, 0.25) is 5.15 Å². The van der Waals surface area contributed by atoms with E-state index in [1.54, 1.807) is 133 Å². The Morgan fingerprint density at radius 2 is 0.678 bits per heavy atom. The first-order valence-electron chi connectivity index (χ1n) is 46.9.